The molecule has 0 aliphatic carbocycles. The monoisotopic (exact) mass is 297 g/mol. The van der Waals surface area contributed by atoms with Gasteiger partial charge in [-0.25, -0.2) is 0 Å². The second-order valence-electron chi connectivity index (χ2n) is 4.63. The van der Waals surface area contributed by atoms with Gasteiger partial charge in [0.1, 0.15) is 5.84 Å². The third-order valence-corrected chi connectivity index (χ3v) is 3.30. The summed E-state index contributed by atoms with van der Waals surface area (Å²) in [6.45, 7) is -0.906. The molecule has 21 heavy (non-hydrogen) atoms. The number of methoxy groups -OCH3 is 1. The van der Waals surface area contributed by atoms with Crippen molar-refractivity contribution in [3.05, 3.63) is 23.8 Å². The van der Waals surface area contributed by atoms with Crippen molar-refractivity contribution in [1.29, 1.82) is 0 Å². The highest BCUT2D eigenvalue weighted by Crippen LogP contribution is 2.31. The van der Waals surface area contributed by atoms with Crippen molar-refractivity contribution < 1.29 is 18.3 Å². The number of amidine groups is 1. The van der Waals surface area contributed by atoms with Crippen LogP contribution >= 0.6 is 0 Å². The Labute approximate surface area is 121 Å². The molecule has 5 nitrogen and oxygen atoms in total. The van der Waals surface area contributed by atoms with Gasteiger partial charge in [-0.05, 0) is 24.6 Å². The minimum atomic E-state index is -2.92. The second-order valence-corrected chi connectivity index (χ2v) is 4.63. The summed E-state index contributed by atoms with van der Waals surface area (Å²) in [5, 5.41) is 7.99. The van der Waals surface area contributed by atoms with E-state index in [1.807, 2.05) is 6.92 Å². The first-order chi connectivity index (χ1) is 10.0. The Bertz CT molecular complexity index is 573. The highest BCUT2D eigenvalue weighted by atomic mass is 19.3. The quantitative estimate of drug-likeness (QED) is 0.908. The summed E-state index contributed by atoms with van der Waals surface area (Å²) in [5.74, 6) is 0.801. The number of hydrogen-bond donors (Lipinski definition) is 1. The zero-order valence-electron chi connectivity index (χ0n) is 11.8. The van der Waals surface area contributed by atoms with E-state index in [4.69, 9.17) is 10.5 Å². The van der Waals surface area contributed by atoms with E-state index < -0.39 is 6.61 Å². The number of benzene rings is 1. The topological polar surface area (TPSA) is 69.2 Å². The molecule has 1 unspecified atom stereocenters. The third-order valence-electron chi connectivity index (χ3n) is 3.30. The second kappa shape index (κ2) is 6.51. The van der Waals surface area contributed by atoms with Crippen molar-refractivity contribution in [2.45, 2.75) is 26.4 Å². The summed E-state index contributed by atoms with van der Waals surface area (Å²) in [7, 11) is 1.39. The van der Waals surface area contributed by atoms with Gasteiger partial charge in [0.25, 0.3) is 0 Å². The average molecular weight is 297 g/mol. The van der Waals surface area contributed by atoms with Gasteiger partial charge in [0.05, 0.1) is 12.8 Å². The summed E-state index contributed by atoms with van der Waals surface area (Å²) in [5.41, 5.74) is 7.07. The molecule has 114 valence electrons. The molecule has 2 rings (SSSR count). The fraction of sp³-hybridized carbons (Fsp3) is 0.429. The van der Waals surface area contributed by atoms with E-state index in [1.165, 1.54) is 13.2 Å². The molecular formula is C14H17F2N3O2. The molecule has 0 amide bonds. The first-order valence-electron chi connectivity index (χ1n) is 6.58. The maximum atomic E-state index is 12.5. The zero-order chi connectivity index (χ0) is 15.4. The number of nitrogens with zero attached hydrogens (tertiary/aromatic N) is 2. The molecule has 1 aromatic rings. The largest absolute Gasteiger partial charge is 0.493 e. The lowest BCUT2D eigenvalue weighted by atomic mass is 9.90. The van der Waals surface area contributed by atoms with Crippen LogP contribution in [0.1, 0.15) is 25.3 Å². The summed E-state index contributed by atoms with van der Waals surface area (Å²) in [6, 6.07) is 4.81. The molecule has 0 fully saturated rings. The van der Waals surface area contributed by atoms with Crippen LogP contribution in [0.25, 0.3) is 0 Å². The predicted octanol–water partition coefficient (Wildman–Crippen LogP) is 2.79. The molecule has 1 aliphatic heterocycles. The molecule has 2 N–H and O–H groups in total. The standard InChI is InChI=1S/C14H17F2N3O2/c1-3-8-7-12(17)18-19-13(8)9-4-5-10(20-2)11(6-9)21-14(15)16/h4-6,8,14H,3,7H2,1-2H3,(H2,17,18). The van der Waals surface area contributed by atoms with Crippen LogP contribution in [-0.4, -0.2) is 25.3 Å². The molecule has 0 saturated heterocycles. The Balaban J connectivity index is 2.39. The number of nitrogens with two attached hydrogens (primary N) is 1. The Morgan fingerprint density at radius 3 is 2.71 bits per heavy atom. The molecular weight excluding hydrogens is 280 g/mol. The number of ether oxygens (including phenoxy) is 2. The van der Waals surface area contributed by atoms with Gasteiger partial charge >= 0.3 is 6.61 Å². The lowest BCUT2D eigenvalue weighted by Gasteiger charge is -2.21. The summed E-state index contributed by atoms with van der Waals surface area (Å²) >= 11 is 0. The van der Waals surface area contributed by atoms with Crippen LogP contribution in [-0.2, 0) is 0 Å². The van der Waals surface area contributed by atoms with Crippen molar-refractivity contribution in [3.8, 4) is 11.5 Å². The smallest absolute Gasteiger partial charge is 0.387 e. The fourth-order valence-electron chi connectivity index (χ4n) is 2.24. The van der Waals surface area contributed by atoms with E-state index in [0.29, 0.717) is 23.5 Å². The van der Waals surface area contributed by atoms with Crippen LogP contribution in [0.2, 0.25) is 0 Å². The zero-order valence-corrected chi connectivity index (χ0v) is 11.8. The van der Waals surface area contributed by atoms with E-state index in [9.17, 15) is 8.78 Å². The van der Waals surface area contributed by atoms with E-state index in [2.05, 4.69) is 14.9 Å². The molecule has 0 spiro atoms. The SMILES string of the molecule is CCC1CC(N)=NN=C1c1ccc(OC)c(OC(F)F)c1. The van der Waals surface area contributed by atoms with Gasteiger partial charge in [0.15, 0.2) is 11.5 Å². The maximum Gasteiger partial charge on any atom is 0.387 e. The van der Waals surface area contributed by atoms with E-state index in [1.54, 1.807) is 12.1 Å². The normalized spacial score (nSPS) is 18.2. The predicted molar refractivity (Wildman–Crippen MR) is 76.2 cm³/mol. The molecule has 1 aliphatic rings. The Hall–Kier alpha value is -2.18. The van der Waals surface area contributed by atoms with E-state index in [0.717, 1.165) is 6.42 Å². The molecule has 0 aromatic heterocycles. The number of rotatable bonds is 5. The van der Waals surface area contributed by atoms with Gasteiger partial charge < -0.3 is 15.2 Å². The highest BCUT2D eigenvalue weighted by molar-refractivity contribution is 6.06. The van der Waals surface area contributed by atoms with Crippen molar-refractivity contribution in [1.82, 2.24) is 0 Å². The Morgan fingerprint density at radius 2 is 2.10 bits per heavy atom. The van der Waals surface area contributed by atoms with E-state index >= 15 is 0 Å². The lowest BCUT2D eigenvalue weighted by Crippen LogP contribution is -2.26. The minimum absolute atomic E-state index is 0.0231. The Morgan fingerprint density at radius 1 is 1.33 bits per heavy atom. The number of halogens is 2. The van der Waals surface area contributed by atoms with Gasteiger partial charge in [-0.15, -0.1) is 5.10 Å². The first-order valence-corrected chi connectivity index (χ1v) is 6.58. The average Bonchev–Trinajstić information content (AvgIpc) is 2.46. The van der Waals surface area contributed by atoms with Crippen LogP contribution in [0.4, 0.5) is 8.78 Å². The van der Waals surface area contributed by atoms with Crippen molar-refractivity contribution >= 4 is 11.5 Å². The van der Waals surface area contributed by atoms with Crippen molar-refractivity contribution in [3.63, 3.8) is 0 Å². The number of hydrogen-bond acceptors (Lipinski definition) is 5. The van der Waals surface area contributed by atoms with Crippen molar-refractivity contribution in [2.75, 3.05) is 7.11 Å². The van der Waals surface area contributed by atoms with Crippen LogP contribution in [0.5, 0.6) is 11.5 Å². The Kier molecular flexibility index (Phi) is 4.72. The molecule has 1 atom stereocenters. The van der Waals surface area contributed by atoms with Crippen LogP contribution < -0.4 is 15.2 Å². The van der Waals surface area contributed by atoms with E-state index in [-0.39, 0.29) is 17.4 Å². The molecule has 1 heterocycles. The van der Waals surface area contributed by atoms with Gasteiger partial charge in [-0.2, -0.15) is 13.9 Å². The first kappa shape index (κ1) is 15.2. The van der Waals surface area contributed by atoms with Crippen LogP contribution in [0, 0.1) is 5.92 Å². The van der Waals surface area contributed by atoms with Gasteiger partial charge in [0.2, 0.25) is 0 Å². The van der Waals surface area contributed by atoms with Gasteiger partial charge in [-0.3, -0.25) is 0 Å². The maximum absolute atomic E-state index is 12.5. The summed E-state index contributed by atoms with van der Waals surface area (Å²) in [6.07, 6.45) is 1.43. The van der Waals surface area contributed by atoms with Gasteiger partial charge in [0, 0.05) is 17.9 Å². The molecule has 0 bridgehead atoms. The fourth-order valence-corrected chi connectivity index (χ4v) is 2.24. The minimum Gasteiger partial charge on any atom is -0.493 e. The number of alkyl halides is 2. The van der Waals surface area contributed by atoms with Crippen LogP contribution in [0.3, 0.4) is 0 Å². The van der Waals surface area contributed by atoms with Gasteiger partial charge in [-0.1, -0.05) is 6.92 Å². The summed E-state index contributed by atoms with van der Waals surface area (Å²) < 4.78 is 34.4. The molecule has 0 radical (unpaired) electrons. The molecule has 7 heteroatoms. The highest BCUT2D eigenvalue weighted by Gasteiger charge is 2.23. The van der Waals surface area contributed by atoms with Crippen molar-refractivity contribution in [2.24, 2.45) is 21.9 Å². The molecule has 1 aromatic carbocycles. The summed E-state index contributed by atoms with van der Waals surface area (Å²) in [4.78, 5) is 0. The third kappa shape index (κ3) is 3.48. The lowest BCUT2D eigenvalue weighted by molar-refractivity contribution is -0.0512. The molecule has 0 saturated carbocycles. The van der Waals surface area contributed by atoms with Crippen LogP contribution in [0.15, 0.2) is 28.4 Å².